The first kappa shape index (κ1) is 26.2. The molecule has 37 heavy (non-hydrogen) atoms. The quantitative estimate of drug-likeness (QED) is 0.387. The van der Waals surface area contributed by atoms with Gasteiger partial charge in [-0.15, -0.1) is 0 Å². The Balaban J connectivity index is 1.51. The van der Waals surface area contributed by atoms with Crippen molar-refractivity contribution in [3.63, 3.8) is 0 Å². The lowest BCUT2D eigenvalue weighted by atomic mass is 9.92. The molecule has 8 nitrogen and oxygen atoms in total. The van der Waals surface area contributed by atoms with Crippen molar-refractivity contribution in [1.82, 2.24) is 9.88 Å². The molecule has 4 rings (SSSR count). The van der Waals surface area contributed by atoms with Crippen LogP contribution >= 0.6 is 0 Å². The third-order valence-electron chi connectivity index (χ3n) is 6.37. The number of aryl methyl sites for hydroxylation is 1. The Morgan fingerprint density at radius 1 is 1.08 bits per heavy atom. The predicted octanol–water partition coefficient (Wildman–Crippen LogP) is 5.31. The van der Waals surface area contributed by atoms with Gasteiger partial charge in [-0.2, -0.15) is 0 Å². The van der Waals surface area contributed by atoms with Gasteiger partial charge >= 0.3 is 5.97 Å². The maximum atomic E-state index is 12.2. The molecule has 2 heterocycles. The van der Waals surface area contributed by atoms with Gasteiger partial charge in [0.05, 0.1) is 0 Å². The fraction of sp³-hybridized carbons (Fsp3) is 0.345. The SMILES string of the molecule is CN(C)C(=O)c1ccc(Oc2ccc(Nc3ccc(CCC(=O)O)cn3)cc2CC2CCOCC2)cc1. The molecule has 194 valence electrons. The van der Waals surface area contributed by atoms with Crippen molar-refractivity contribution in [1.29, 1.82) is 0 Å². The number of carbonyl (C=O) groups excluding carboxylic acids is 1. The number of benzene rings is 2. The largest absolute Gasteiger partial charge is 0.481 e. The summed E-state index contributed by atoms with van der Waals surface area (Å²) in [6.07, 6.45) is 5.13. The Kier molecular flexibility index (Phi) is 8.74. The monoisotopic (exact) mass is 503 g/mol. The molecule has 0 bridgehead atoms. The first-order valence-corrected chi connectivity index (χ1v) is 12.5. The van der Waals surface area contributed by atoms with E-state index < -0.39 is 5.97 Å². The van der Waals surface area contributed by atoms with E-state index in [9.17, 15) is 9.59 Å². The Morgan fingerprint density at radius 2 is 1.84 bits per heavy atom. The summed E-state index contributed by atoms with van der Waals surface area (Å²) in [5.41, 5.74) is 3.48. The van der Waals surface area contributed by atoms with Crippen LogP contribution in [0.3, 0.4) is 0 Å². The number of carboxylic acids is 1. The average Bonchev–Trinajstić information content (AvgIpc) is 2.90. The van der Waals surface area contributed by atoms with Gasteiger partial charge in [0, 0.05) is 51.2 Å². The predicted molar refractivity (Wildman–Crippen MR) is 142 cm³/mol. The standard InChI is InChI=1S/C29H33N3O5/c1-32(2)29(35)22-5-8-25(9-6-22)37-26-10-7-24(18-23(26)17-20-13-15-36-16-14-20)31-27-11-3-21(19-30-27)4-12-28(33)34/h3,5-11,18-20H,4,12-17H2,1-2H3,(H,30,31)(H,33,34). The zero-order valence-electron chi connectivity index (χ0n) is 21.3. The molecular formula is C29H33N3O5. The topological polar surface area (TPSA) is 101 Å². The molecule has 1 amide bonds. The number of hydrogen-bond acceptors (Lipinski definition) is 6. The molecule has 2 N–H and O–H groups in total. The van der Waals surface area contributed by atoms with Crippen LogP contribution in [0.5, 0.6) is 11.5 Å². The van der Waals surface area contributed by atoms with Crippen LogP contribution in [0.2, 0.25) is 0 Å². The summed E-state index contributed by atoms with van der Waals surface area (Å²) in [7, 11) is 3.46. The van der Waals surface area contributed by atoms with E-state index >= 15 is 0 Å². The number of hydrogen-bond donors (Lipinski definition) is 2. The van der Waals surface area contributed by atoms with Crippen LogP contribution in [-0.2, 0) is 22.4 Å². The zero-order valence-corrected chi connectivity index (χ0v) is 21.3. The van der Waals surface area contributed by atoms with Gasteiger partial charge in [0.2, 0.25) is 0 Å². The summed E-state index contributed by atoms with van der Waals surface area (Å²) in [6, 6.07) is 16.9. The molecule has 0 unspecified atom stereocenters. The summed E-state index contributed by atoms with van der Waals surface area (Å²) < 4.78 is 11.8. The van der Waals surface area contributed by atoms with Crippen LogP contribution < -0.4 is 10.1 Å². The van der Waals surface area contributed by atoms with Crippen molar-refractivity contribution in [2.75, 3.05) is 32.6 Å². The maximum Gasteiger partial charge on any atom is 0.303 e. The highest BCUT2D eigenvalue weighted by atomic mass is 16.5. The number of rotatable bonds is 10. The summed E-state index contributed by atoms with van der Waals surface area (Å²) in [6.45, 7) is 1.55. The zero-order chi connectivity index (χ0) is 26.2. The van der Waals surface area contributed by atoms with E-state index in [1.807, 2.05) is 36.4 Å². The maximum absolute atomic E-state index is 12.2. The first-order valence-electron chi connectivity index (χ1n) is 12.5. The Bertz CT molecular complexity index is 1200. The highest BCUT2D eigenvalue weighted by molar-refractivity contribution is 5.93. The Labute approximate surface area is 217 Å². The van der Waals surface area contributed by atoms with Gasteiger partial charge in [-0.1, -0.05) is 6.07 Å². The van der Waals surface area contributed by atoms with Crippen molar-refractivity contribution in [3.8, 4) is 11.5 Å². The molecule has 1 fully saturated rings. The van der Waals surface area contributed by atoms with Gasteiger partial charge in [0.15, 0.2) is 0 Å². The molecule has 2 aromatic carbocycles. The number of aromatic nitrogens is 1. The first-order chi connectivity index (χ1) is 17.9. The van der Waals surface area contributed by atoms with Crippen LogP contribution in [0, 0.1) is 5.92 Å². The molecule has 1 aliphatic heterocycles. The molecule has 0 atom stereocenters. The van der Waals surface area contributed by atoms with Gasteiger partial charge < -0.3 is 24.8 Å². The lowest BCUT2D eigenvalue weighted by Gasteiger charge is -2.23. The third-order valence-corrected chi connectivity index (χ3v) is 6.37. The molecular weight excluding hydrogens is 470 g/mol. The lowest BCUT2D eigenvalue weighted by molar-refractivity contribution is -0.136. The van der Waals surface area contributed by atoms with E-state index in [2.05, 4.69) is 16.4 Å². The molecule has 0 saturated carbocycles. The minimum Gasteiger partial charge on any atom is -0.481 e. The average molecular weight is 504 g/mol. The van der Waals surface area contributed by atoms with E-state index in [1.165, 1.54) is 0 Å². The van der Waals surface area contributed by atoms with E-state index in [1.54, 1.807) is 37.3 Å². The molecule has 1 aromatic heterocycles. The van der Waals surface area contributed by atoms with Crippen molar-refractivity contribution in [3.05, 3.63) is 77.5 Å². The molecule has 1 aliphatic rings. The number of carbonyl (C=O) groups is 2. The second-order valence-electron chi connectivity index (χ2n) is 9.48. The molecule has 0 spiro atoms. The fourth-order valence-corrected chi connectivity index (χ4v) is 4.27. The second-order valence-corrected chi connectivity index (χ2v) is 9.48. The van der Waals surface area contributed by atoms with Gasteiger partial charge in [-0.05, 0) is 91.3 Å². The minimum absolute atomic E-state index is 0.0503. The normalized spacial score (nSPS) is 13.7. The number of nitrogens with zero attached hydrogens (tertiary/aromatic N) is 2. The third kappa shape index (κ3) is 7.54. The summed E-state index contributed by atoms with van der Waals surface area (Å²) in [4.78, 5) is 29.0. The highest BCUT2D eigenvalue weighted by Gasteiger charge is 2.18. The van der Waals surface area contributed by atoms with Crippen molar-refractivity contribution < 1.29 is 24.2 Å². The Hall–Kier alpha value is -3.91. The fourth-order valence-electron chi connectivity index (χ4n) is 4.27. The van der Waals surface area contributed by atoms with E-state index in [0.717, 1.165) is 55.0 Å². The molecule has 3 aromatic rings. The second kappa shape index (κ2) is 12.4. The summed E-state index contributed by atoms with van der Waals surface area (Å²) in [5, 5.41) is 12.2. The van der Waals surface area contributed by atoms with Gasteiger partial charge in [-0.25, -0.2) is 4.98 Å². The van der Waals surface area contributed by atoms with Crippen LogP contribution in [0.25, 0.3) is 0 Å². The molecule has 8 heteroatoms. The number of anilines is 2. The Morgan fingerprint density at radius 3 is 2.49 bits per heavy atom. The van der Waals surface area contributed by atoms with Crippen LogP contribution in [0.1, 0.15) is 40.7 Å². The van der Waals surface area contributed by atoms with Gasteiger partial charge in [0.25, 0.3) is 5.91 Å². The van der Waals surface area contributed by atoms with Crippen molar-refractivity contribution in [2.24, 2.45) is 5.92 Å². The summed E-state index contributed by atoms with van der Waals surface area (Å²) >= 11 is 0. The number of amides is 1. The number of carboxylic acid groups (broad SMARTS) is 1. The number of ether oxygens (including phenoxy) is 2. The number of pyridine rings is 1. The van der Waals surface area contributed by atoms with Crippen LogP contribution in [0.4, 0.5) is 11.5 Å². The van der Waals surface area contributed by atoms with Crippen molar-refractivity contribution in [2.45, 2.75) is 32.1 Å². The van der Waals surface area contributed by atoms with Crippen LogP contribution in [-0.4, -0.2) is 54.2 Å². The summed E-state index contributed by atoms with van der Waals surface area (Å²) in [5.74, 6) is 1.78. The van der Waals surface area contributed by atoms with Gasteiger partial charge in [-0.3, -0.25) is 9.59 Å². The van der Waals surface area contributed by atoms with Crippen molar-refractivity contribution >= 4 is 23.4 Å². The molecule has 0 radical (unpaired) electrons. The number of aliphatic carboxylic acids is 1. The molecule has 1 saturated heterocycles. The lowest BCUT2D eigenvalue weighted by Crippen LogP contribution is -2.21. The van der Waals surface area contributed by atoms with E-state index in [0.29, 0.717) is 29.5 Å². The minimum atomic E-state index is -0.820. The van der Waals surface area contributed by atoms with E-state index in [4.69, 9.17) is 14.6 Å². The molecule has 0 aliphatic carbocycles. The van der Waals surface area contributed by atoms with Gasteiger partial charge in [0.1, 0.15) is 17.3 Å². The van der Waals surface area contributed by atoms with Crippen LogP contribution in [0.15, 0.2) is 60.8 Å². The smallest absolute Gasteiger partial charge is 0.303 e. The highest BCUT2D eigenvalue weighted by Crippen LogP contribution is 2.33. The van der Waals surface area contributed by atoms with E-state index in [-0.39, 0.29) is 12.3 Å². The number of nitrogens with one attached hydrogen (secondary N) is 1.